The van der Waals surface area contributed by atoms with Crippen molar-refractivity contribution in [3.05, 3.63) is 18.0 Å². The van der Waals surface area contributed by atoms with Gasteiger partial charge in [-0.1, -0.05) is 12.8 Å². The summed E-state index contributed by atoms with van der Waals surface area (Å²) >= 11 is 0. The smallest absolute Gasteiger partial charge is 0.338 e. The normalized spacial score (nSPS) is 22.3. The Bertz CT molecular complexity index is 461. The van der Waals surface area contributed by atoms with E-state index in [4.69, 9.17) is 0 Å². The maximum absolute atomic E-state index is 12.6. The molecule has 2 rings (SSSR count). The fourth-order valence-corrected chi connectivity index (χ4v) is 2.89. The van der Waals surface area contributed by atoms with Crippen molar-refractivity contribution in [3.8, 4) is 0 Å². The van der Waals surface area contributed by atoms with Gasteiger partial charge in [0.15, 0.2) is 0 Å². The van der Waals surface area contributed by atoms with Crippen LogP contribution in [0, 0.1) is 5.92 Å². The molecule has 0 aliphatic heterocycles. The third kappa shape index (κ3) is 5.57. The molecular weight excluding hydrogens is 297 g/mol. The first kappa shape index (κ1) is 16.6. The van der Waals surface area contributed by atoms with Gasteiger partial charge in [0.2, 0.25) is 0 Å². The van der Waals surface area contributed by atoms with E-state index < -0.39 is 30.6 Å². The van der Waals surface area contributed by atoms with Gasteiger partial charge in [-0.15, -0.1) is 0 Å². The van der Waals surface area contributed by atoms with Crippen molar-refractivity contribution in [1.29, 1.82) is 0 Å². The van der Waals surface area contributed by atoms with Gasteiger partial charge < -0.3 is 10.6 Å². The molecule has 0 spiro atoms. The Morgan fingerprint density at radius 1 is 1.36 bits per heavy atom. The Kier molecular flexibility index (Phi) is 5.68. The van der Waals surface area contributed by atoms with Crippen molar-refractivity contribution in [2.45, 2.75) is 50.7 Å². The molecule has 22 heavy (non-hydrogen) atoms. The molecule has 0 saturated heterocycles. The zero-order valence-corrected chi connectivity index (χ0v) is 12.2. The van der Waals surface area contributed by atoms with Crippen LogP contribution in [-0.4, -0.2) is 35.0 Å². The number of urea groups is 1. The van der Waals surface area contributed by atoms with E-state index in [0.29, 0.717) is 25.8 Å². The molecule has 0 bridgehead atoms. The van der Waals surface area contributed by atoms with Crippen molar-refractivity contribution in [2.75, 3.05) is 6.54 Å². The fraction of sp³-hybridized carbons (Fsp3) is 0.714. The molecule has 2 amide bonds. The minimum absolute atomic E-state index is 0.399. The van der Waals surface area contributed by atoms with Crippen LogP contribution < -0.4 is 10.6 Å². The van der Waals surface area contributed by atoms with Crippen LogP contribution in [0.1, 0.15) is 37.7 Å². The number of hydrogen-bond donors (Lipinski definition) is 3. The minimum Gasteiger partial charge on any atom is -0.338 e. The van der Waals surface area contributed by atoms with E-state index in [-0.39, 0.29) is 0 Å². The molecule has 0 aromatic carbocycles. The summed E-state index contributed by atoms with van der Waals surface area (Å²) in [6.07, 6.45) is 1.79. The first-order valence-corrected chi connectivity index (χ1v) is 7.53. The van der Waals surface area contributed by atoms with E-state index in [0.717, 1.165) is 18.4 Å². The number of aromatic nitrogens is 2. The van der Waals surface area contributed by atoms with E-state index in [9.17, 15) is 18.0 Å². The molecule has 2 atom stereocenters. The van der Waals surface area contributed by atoms with Gasteiger partial charge in [-0.2, -0.15) is 18.3 Å². The molecule has 3 N–H and O–H groups in total. The molecule has 1 aliphatic carbocycles. The summed E-state index contributed by atoms with van der Waals surface area (Å²) in [5, 5.41) is 11.9. The molecule has 1 saturated carbocycles. The average Bonchev–Trinajstić information content (AvgIpc) is 2.92. The number of nitrogens with zero attached hydrogens (tertiary/aromatic N) is 1. The van der Waals surface area contributed by atoms with Crippen LogP contribution in [0.25, 0.3) is 0 Å². The Labute approximate surface area is 127 Å². The maximum Gasteiger partial charge on any atom is 0.389 e. The van der Waals surface area contributed by atoms with Crippen LogP contribution in [0.3, 0.4) is 0 Å². The predicted octanol–water partition coefficient (Wildman–Crippen LogP) is 2.76. The number of halogens is 3. The third-order valence-electron chi connectivity index (χ3n) is 3.97. The Morgan fingerprint density at radius 3 is 2.82 bits per heavy atom. The Balaban J connectivity index is 1.75. The van der Waals surface area contributed by atoms with Gasteiger partial charge in [-0.25, -0.2) is 4.79 Å². The second kappa shape index (κ2) is 7.51. The highest BCUT2D eigenvalue weighted by Crippen LogP contribution is 2.34. The lowest BCUT2D eigenvalue weighted by molar-refractivity contribution is -0.148. The van der Waals surface area contributed by atoms with Crippen LogP contribution in [0.2, 0.25) is 0 Å². The van der Waals surface area contributed by atoms with Gasteiger partial charge >= 0.3 is 12.2 Å². The van der Waals surface area contributed by atoms with Gasteiger partial charge in [0.25, 0.3) is 0 Å². The number of nitrogens with one attached hydrogen (secondary N) is 3. The molecule has 5 nitrogen and oxygen atoms in total. The van der Waals surface area contributed by atoms with Gasteiger partial charge in [-0.3, -0.25) is 5.10 Å². The average molecular weight is 318 g/mol. The summed E-state index contributed by atoms with van der Waals surface area (Å²) in [5.74, 6) is -0.520. The monoisotopic (exact) mass is 318 g/mol. The highest BCUT2D eigenvalue weighted by atomic mass is 19.4. The van der Waals surface area contributed by atoms with E-state index in [1.54, 1.807) is 12.4 Å². The van der Waals surface area contributed by atoms with Crippen LogP contribution in [0.5, 0.6) is 0 Å². The highest BCUT2D eigenvalue weighted by Gasteiger charge is 2.37. The molecule has 1 aliphatic rings. The summed E-state index contributed by atoms with van der Waals surface area (Å²) in [6, 6.07) is -0.799. The molecule has 0 unspecified atom stereocenters. The molecule has 1 aromatic rings. The van der Waals surface area contributed by atoms with Crippen molar-refractivity contribution in [3.63, 3.8) is 0 Å². The summed E-state index contributed by atoms with van der Waals surface area (Å²) < 4.78 is 37.7. The molecule has 1 heterocycles. The first-order chi connectivity index (χ1) is 10.4. The van der Waals surface area contributed by atoms with E-state index >= 15 is 0 Å². The second-order valence-electron chi connectivity index (χ2n) is 5.73. The van der Waals surface area contributed by atoms with Gasteiger partial charge in [0.1, 0.15) is 0 Å². The lowest BCUT2D eigenvalue weighted by Gasteiger charge is -2.32. The standard InChI is InChI=1S/C14H21F3N4O/c15-14(16,17)7-11-3-1-2-4-12(11)21-13(22)18-6-5-10-8-19-20-9-10/h8-9,11-12H,1-7H2,(H,19,20)(H2,18,21,22)/t11-,12-/m0/s1. The SMILES string of the molecule is O=C(NCCc1cn[nH]c1)N[C@H]1CCCC[C@H]1CC(F)(F)F. The maximum atomic E-state index is 12.6. The number of alkyl halides is 3. The Morgan fingerprint density at radius 2 is 2.14 bits per heavy atom. The number of aromatic amines is 1. The van der Waals surface area contributed by atoms with Crippen LogP contribution in [0.15, 0.2) is 12.4 Å². The van der Waals surface area contributed by atoms with Crippen molar-refractivity contribution in [1.82, 2.24) is 20.8 Å². The van der Waals surface area contributed by atoms with Gasteiger partial charge in [0.05, 0.1) is 6.20 Å². The van der Waals surface area contributed by atoms with Gasteiger partial charge in [0, 0.05) is 25.2 Å². The summed E-state index contributed by atoms with van der Waals surface area (Å²) in [6.45, 7) is 0.419. The lowest BCUT2D eigenvalue weighted by Crippen LogP contribution is -2.48. The molecule has 8 heteroatoms. The van der Waals surface area contributed by atoms with Crippen molar-refractivity contribution in [2.24, 2.45) is 5.92 Å². The zero-order chi connectivity index (χ0) is 16.0. The summed E-state index contributed by atoms with van der Waals surface area (Å²) in [5.41, 5.74) is 0.966. The summed E-state index contributed by atoms with van der Waals surface area (Å²) in [4.78, 5) is 11.8. The highest BCUT2D eigenvalue weighted by molar-refractivity contribution is 5.74. The second-order valence-corrected chi connectivity index (χ2v) is 5.73. The van der Waals surface area contributed by atoms with Crippen LogP contribution in [0.4, 0.5) is 18.0 Å². The number of carbonyl (C=O) groups is 1. The number of hydrogen-bond acceptors (Lipinski definition) is 2. The lowest BCUT2D eigenvalue weighted by atomic mass is 9.82. The number of rotatable bonds is 5. The Hall–Kier alpha value is -1.73. The van der Waals surface area contributed by atoms with Crippen molar-refractivity contribution >= 4 is 6.03 Å². The topological polar surface area (TPSA) is 69.8 Å². The zero-order valence-electron chi connectivity index (χ0n) is 12.2. The minimum atomic E-state index is -4.18. The number of H-pyrrole nitrogens is 1. The quantitative estimate of drug-likeness (QED) is 0.781. The number of carbonyl (C=O) groups excluding carboxylic acids is 1. The van der Waals surface area contributed by atoms with Crippen LogP contribution >= 0.6 is 0 Å². The van der Waals surface area contributed by atoms with Crippen molar-refractivity contribution < 1.29 is 18.0 Å². The van der Waals surface area contributed by atoms with E-state index in [2.05, 4.69) is 20.8 Å². The third-order valence-corrected chi connectivity index (χ3v) is 3.97. The van der Waals surface area contributed by atoms with Crippen LogP contribution in [-0.2, 0) is 6.42 Å². The molecular formula is C14H21F3N4O. The molecule has 1 fully saturated rings. The first-order valence-electron chi connectivity index (χ1n) is 7.53. The molecule has 1 aromatic heterocycles. The van der Waals surface area contributed by atoms with E-state index in [1.165, 1.54) is 0 Å². The fourth-order valence-electron chi connectivity index (χ4n) is 2.89. The molecule has 0 radical (unpaired) electrons. The predicted molar refractivity (Wildman–Crippen MR) is 75.2 cm³/mol. The largest absolute Gasteiger partial charge is 0.389 e. The summed E-state index contributed by atoms with van der Waals surface area (Å²) in [7, 11) is 0. The van der Waals surface area contributed by atoms with E-state index in [1.807, 2.05) is 0 Å². The number of amides is 2. The van der Waals surface area contributed by atoms with Gasteiger partial charge in [-0.05, 0) is 30.7 Å². The molecule has 124 valence electrons.